The van der Waals surface area contributed by atoms with Crippen LogP contribution in [0.3, 0.4) is 0 Å². The predicted octanol–water partition coefficient (Wildman–Crippen LogP) is 6.91. The first-order valence-electron chi connectivity index (χ1n) is 32.2. The molecule has 12 aromatic rings. The summed E-state index contributed by atoms with van der Waals surface area (Å²) in [6, 6.07) is 22.7. The molecule has 0 saturated heterocycles. The second kappa shape index (κ2) is 35.4. The van der Waals surface area contributed by atoms with Crippen LogP contribution in [0, 0.1) is 0 Å². The summed E-state index contributed by atoms with van der Waals surface area (Å²) in [5, 5.41) is 338. The maximum absolute atomic E-state index is 12.1. The molecule has 0 saturated carbocycles. The lowest BCUT2D eigenvalue weighted by Gasteiger charge is -2.10. The number of benzene rings is 12. The van der Waals surface area contributed by atoms with E-state index in [0.717, 1.165) is 127 Å². The Hall–Kier alpha value is -18.5. The largest absolute Gasteiger partial charge is 0.508 e. The Morgan fingerprint density at radius 3 is 0.808 bits per heavy atom. The summed E-state index contributed by atoms with van der Waals surface area (Å²) in [5.41, 5.74) is -5.09. The van der Waals surface area contributed by atoms with Crippen molar-refractivity contribution in [1.29, 1.82) is 0 Å². The van der Waals surface area contributed by atoms with Gasteiger partial charge in [0, 0.05) is 47.0 Å². The molecule has 0 aliphatic heterocycles. The molecule has 0 heterocycles. The Morgan fingerprint density at radius 1 is 0.133 bits per heavy atom. The number of phenols is 36. The Morgan fingerprint density at radius 2 is 0.400 bits per heavy atom. The third kappa shape index (κ3) is 18.6. The van der Waals surface area contributed by atoms with Gasteiger partial charge in [0.1, 0.15) is 74.0 Å². The van der Waals surface area contributed by atoms with E-state index in [1.807, 2.05) is 0 Å². The lowest BCUT2D eigenvalue weighted by molar-refractivity contribution is 0.102. The van der Waals surface area contributed by atoms with Crippen LogP contribution >= 0.6 is 0 Å². The van der Waals surface area contributed by atoms with Gasteiger partial charge in [-0.15, -0.1) is 0 Å². The Bertz CT molecular complexity index is 6120. The van der Waals surface area contributed by atoms with Crippen LogP contribution in [0.15, 0.2) is 146 Å². The number of rotatable bonds is 12. The lowest BCUT2D eigenvalue weighted by Crippen LogP contribution is -2.03. The van der Waals surface area contributed by atoms with Crippen LogP contribution in [0.1, 0.15) is 95.5 Å². The maximum atomic E-state index is 12.1. The molecule has 0 fully saturated rings. The lowest BCUT2D eigenvalue weighted by atomic mass is 9.99. The summed E-state index contributed by atoms with van der Waals surface area (Å²) in [7, 11) is 0. The molecule has 0 unspecified atom stereocenters. The van der Waals surface area contributed by atoms with Crippen molar-refractivity contribution in [3.63, 3.8) is 0 Å². The van der Waals surface area contributed by atoms with Crippen LogP contribution < -0.4 is 0 Å². The molecule has 120 heavy (non-hydrogen) atoms. The van der Waals surface area contributed by atoms with Crippen LogP contribution in [-0.2, 0) is 0 Å². The van der Waals surface area contributed by atoms with Gasteiger partial charge in [-0.05, 0) is 115 Å². The van der Waals surface area contributed by atoms with Gasteiger partial charge in [0.15, 0.2) is 127 Å². The highest BCUT2D eigenvalue weighted by Crippen LogP contribution is 2.50. The van der Waals surface area contributed by atoms with E-state index in [1.165, 1.54) is 6.07 Å². The van der Waals surface area contributed by atoms with E-state index in [0.29, 0.717) is 12.1 Å². The van der Waals surface area contributed by atoms with E-state index in [1.54, 1.807) is 0 Å². The maximum Gasteiger partial charge on any atom is 0.205 e. The molecule has 0 aliphatic rings. The molecule has 12 rings (SSSR count). The summed E-state index contributed by atoms with van der Waals surface area (Å²) >= 11 is 0. The third-order valence-corrected chi connectivity index (χ3v) is 16.2. The summed E-state index contributed by atoms with van der Waals surface area (Å²) < 4.78 is 0. The highest BCUT2D eigenvalue weighted by atomic mass is 16.4. The van der Waals surface area contributed by atoms with Crippen molar-refractivity contribution in [2.75, 3.05) is 0 Å². The smallest absolute Gasteiger partial charge is 0.205 e. The Kier molecular flexibility index (Phi) is 26.2. The zero-order valence-electron chi connectivity index (χ0n) is 59.4. The topological polar surface area (TPSA) is 831 Å². The molecule has 12 aromatic carbocycles. The molecule has 36 N–H and O–H groups in total. The Labute approximate surface area is 664 Å². The number of ketones is 6. The van der Waals surface area contributed by atoms with Crippen LogP contribution in [-0.4, -0.2) is 219 Å². The molecule has 42 nitrogen and oxygen atoms in total. The monoisotopic (exact) mass is 1670 g/mol. The quantitative estimate of drug-likeness (QED) is 0.0335. The number of hydrogen-bond acceptors (Lipinski definition) is 42. The molecule has 0 atom stereocenters. The summed E-state index contributed by atoms with van der Waals surface area (Å²) in [6.45, 7) is 0. The normalized spacial score (nSPS) is 10.4. The first kappa shape index (κ1) is 88.7. The minimum absolute atomic E-state index is 0.0971. The van der Waals surface area contributed by atoms with E-state index in [2.05, 4.69) is 0 Å². The van der Waals surface area contributed by atoms with Gasteiger partial charge >= 0.3 is 0 Å². The molecular weight excluding hydrogens is 1610 g/mol. The van der Waals surface area contributed by atoms with Gasteiger partial charge in [0.05, 0.1) is 27.8 Å². The number of phenolic OH excluding ortho intramolecular Hbond substituents is 36. The number of aromatic hydroxyl groups is 36. The molecule has 42 heteroatoms. The van der Waals surface area contributed by atoms with E-state index in [-0.39, 0.29) is 39.3 Å². The standard InChI is InChI=1S/6C13H10O7/c14-6-1-2-7(15)13(20)11(6)12(19)5-3-9(17)10(18)4-8(5)16;14-6-1-2-7(15)13(20)10(6)11(18)5-3-8(16)12(19)9(17)4-5;14-7-2-1-5(3-8(7)15)10(17)6-4-9(16)12(19)13(20)11(6)18;14-5-1-2-6(8(15)3-5)10(17)7-4-9(16)12(19)13(20)11(7)18;14-5-1-2-6(7(15)3-5)11(18)10-8(16)4-9(17)12(19)13(10)20;14-6-2-1-5(3-7(6)15)11(18)10-8(16)4-9(17)12(19)13(10)20/h1-4,14-18,20H;1-4,14-17,19-20H;2*1-4,14-16,18-20H;2*1-4,14-17,19-20H. The fourth-order valence-electron chi connectivity index (χ4n) is 10.0. The highest BCUT2D eigenvalue weighted by Gasteiger charge is 2.31. The molecule has 624 valence electrons. The SMILES string of the molecule is O=C(c1cc(O)c(O)c(O)c1)c1c(O)ccc(O)c1O.O=C(c1cc(O)c(O)cc1O)c1c(O)ccc(O)c1O.O=C(c1ccc(O)c(O)c1)c1c(O)cc(O)c(O)c1O.O=C(c1ccc(O)c(O)c1)c1cc(O)c(O)c(O)c1O.O=C(c1ccc(O)cc1O)c1c(O)cc(O)c(O)c1O.O=C(c1ccc(O)cc1O)c1cc(O)c(O)c(O)c1O. The van der Waals surface area contributed by atoms with Gasteiger partial charge in [-0.2, -0.15) is 0 Å². The molecular formula is C78H60O42. The summed E-state index contributed by atoms with van der Waals surface area (Å²) in [4.78, 5) is 72.7. The molecule has 0 spiro atoms. The summed E-state index contributed by atoms with van der Waals surface area (Å²) in [6.07, 6.45) is 0. The molecule has 0 amide bonds. The van der Waals surface area contributed by atoms with Crippen molar-refractivity contribution >= 4 is 34.7 Å². The van der Waals surface area contributed by atoms with Crippen molar-refractivity contribution in [3.05, 3.63) is 212 Å². The van der Waals surface area contributed by atoms with E-state index < -0.39 is 269 Å². The Balaban J connectivity index is 0.000000198. The van der Waals surface area contributed by atoms with Crippen LogP contribution in [0.4, 0.5) is 0 Å². The van der Waals surface area contributed by atoms with E-state index >= 15 is 0 Å². The van der Waals surface area contributed by atoms with E-state index in [9.17, 15) is 192 Å². The molecule has 0 bridgehead atoms. The van der Waals surface area contributed by atoms with Gasteiger partial charge in [0.2, 0.25) is 63.4 Å². The van der Waals surface area contributed by atoms with Gasteiger partial charge in [0.25, 0.3) is 0 Å². The van der Waals surface area contributed by atoms with Crippen molar-refractivity contribution in [1.82, 2.24) is 0 Å². The number of carbonyl (C=O) groups excluding carboxylic acids is 6. The minimum atomic E-state index is -1.05. The van der Waals surface area contributed by atoms with Gasteiger partial charge in [-0.25, -0.2) is 0 Å². The van der Waals surface area contributed by atoms with Crippen molar-refractivity contribution in [3.8, 4) is 207 Å². The molecule has 0 aromatic heterocycles. The second-order valence-corrected chi connectivity index (χ2v) is 24.1. The first-order valence-corrected chi connectivity index (χ1v) is 32.2. The average Bonchev–Trinajstić information content (AvgIpc) is 0.832. The van der Waals surface area contributed by atoms with Gasteiger partial charge in [-0.1, -0.05) is 0 Å². The third-order valence-electron chi connectivity index (χ3n) is 16.2. The fraction of sp³-hybridized carbons (Fsp3) is 0. The van der Waals surface area contributed by atoms with Crippen molar-refractivity contribution < 1.29 is 213 Å². The summed E-state index contributed by atoms with van der Waals surface area (Å²) in [5.74, 6) is -32.1. The predicted molar refractivity (Wildman–Crippen MR) is 398 cm³/mol. The molecule has 0 radical (unpaired) electrons. The second-order valence-electron chi connectivity index (χ2n) is 24.1. The van der Waals surface area contributed by atoms with Crippen LogP contribution in [0.2, 0.25) is 0 Å². The fourth-order valence-corrected chi connectivity index (χ4v) is 10.0. The number of hydrogen-bond donors (Lipinski definition) is 36. The van der Waals surface area contributed by atoms with Gasteiger partial charge in [-0.3, -0.25) is 28.8 Å². The van der Waals surface area contributed by atoms with Crippen molar-refractivity contribution in [2.24, 2.45) is 0 Å². The highest BCUT2D eigenvalue weighted by molar-refractivity contribution is 6.17. The zero-order valence-corrected chi connectivity index (χ0v) is 59.4. The zero-order chi connectivity index (χ0) is 90.1. The number of carbonyl (C=O) groups is 6. The molecule has 0 aliphatic carbocycles. The van der Waals surface area contributed by atoms with Crippen molar-refractivity contribution in [2.45, 2.75) is 0 Å². The van der Waals surface area contributed by atoms with E-state index in [4.69, 9.17) is 20.4 Å². The minimum Gasteiger partial charge on any atom is -0.508 e. The van der Waals surface area contributed by atoms with Gasteiger partial charge < -0.3 is 184 Å². The average molecular weight is 1670 g/mol. The van der Waals surface area contributed by atoms with Crippen LogP contribution in [0.25, 0.3) is 0 Å². The first-order chi connectivity index (χ1) is 55.9. The van der Waals surface area contributed by atoms with Crippen LogP contribution in [0.5, 0.6) is 207 Å².